The Morgan fingerprint density at radius 2 is 2.06 bits per heavy atom. The third kappa shape index (κ3) is 5.28. The van der Waals surface area contributed by atoms with Gasteiger partial charge in [0.1, 0.15) is 11.1 Å². The number of aromatic nitrogens is 2. The van der Waals surface area contributed by atoms with Crippen LogP contribution >= 0.6 is 11.3 Å². The van der Waals surface area contributed by atoms with Crippen molar-refractivity contribution in [1.29, 1.82) is 5.26 Å². The molecule has 0 spiro atoms. The van der Waals surface area contributed by atoms with Crippen LogP contribution in [0.15, 0.2) is 29.1 Å². The van der Waals surface area contributed by atoms with Crippen LogP contribution < -0.4 is 10.9 Å². The highest BCUT2D eigenvalue weighted by Gasteiger charge is 2.25. The molecule has 0 fully saturated rings. The molecule has 0 aliphatic heterocycles. The summed E-state index contributed by atoms with van der Waals surface area (Å²) in [5.74, 6) is -0.757. The molecule has 0 bridgehead atoms. The maximum absolute atomic E-state index is 12.9. The van der Waals surface area contributed by atoms with Crippen LogP contribution in [0.2, 0.25) is 0 Å². The quantitative estimate of drug-likeness (QED) is 0.367. The molecular weight excluding hydrogens is 464 g/mol. The van der Waals surface area contributed by atoms with Gasteiger partial charge in [-0.3, -0.25) is 9.59 Å². The molecule has 0 saturated carbocycles. The summed E-state index contributed by atoms with van der Waals surface area (Å²) in [6, 6.07) is 8.97. The van der Waals surface area contributed by atoms with Crippen LogP contribution in [-0.4, -0.2) is 28.3 Å². The highest BCUT2D eigenvalue weighted by molar-refractivity contribution is 7.16. The zero-order chi connectivity index (χ0) is 24.9. The number of fused-ring (bicyclic) bond motifs is 2. The number of rotatable bonds is 8. The number of nitrogens with one attached hydrogen (secondary N) is 1. The van der Waals surface area contributed by atoms with Crippen LogP contribution in [0, 0.1) is 17.2 Å². The van der Waals surface area contributed by atoms with Crippen LogP contribution in [-0.2, 0) is 28.9 Å². The second kappa shape index (κ2) is 10.8. The first-order valence-corrected chi connectivity index (χ1v) is 12.8. The molecule has 4 rings (SSSR count). The SMILES string of the molecule is CCCCCn1nc(C(=O)OCC(=O)Nc2sc3c(c2C#N)CCC(C)C3)c2ccccc2c1=O. The van der Waals surface area contributed by atoms with Gasteiger partial charge in [-0.05, 0) is 43.2 Å². The Labute approximate surface area is 207 Å². The Hall–Kier alpha value is -3.51. The first-order chi connectivity index (χ1) is 16.9. The van der Waals surface area contributed by atoms with Crippen molar-refractivity contribution < 1.29 is 14.3 Å². The van der Waals surface area contributed by atoms with E-state index >= 15 is 0 Å². The Morgan fingerprint density at radius 1 is 1.29 bits per heavy atom. The molecule has 1 atom stereocenters. The number of carbonyl (C=O) groups excluding carboxylic acids is 2. The Morgan fingerprint density at radius 3 is 2.80 bits per heavy atom. The van der Waals surface area contributed by atoms with E-state index in [4.69, 9.17) is 4.74 Å². The van der Waals surface area contributed by atoms with Gasteiger partial charge in [0.15, 0.2) is 12.3 Å². The normalized spacial score (nSPS) is 14.8. The smallest absolute Gasteiger partial charge is 0.359 e. The fourth-order valence-corrected chi connectivity index (χ4v) is 5.75. The number of amides is 1. The molecule has 3 aromatic rings. The van der Waals surface area contributed by atoms with Crippen LogP contribution in [0.5, 0.6) is 0 Å². The number of ether oxygens (including phenoxy) is 1. The maximum atomic E-state index is 12.9. The van der Waals surface area contributed by atoms with Gasteiger partial charge in [0, 0.05) is 16.8 Å². The summed E-state index contributed by atoms with van der Waals surface area (Å²) in [6.07, 6.45) is 5.44. The number of anilines is 1. The number of benzene rings is 1. The molecule has 0 saturated heterocycles. The van der Waals surface area contributed by atoms with Gasteiger partial charge in [0.25, 0.3) is 11.5 Å². The van der Waals surface area contributed by atoms with E-state index in [9.17, 15) is 19.6 Å². The lowest BCUT2D eigenvalue weighted by atomic mass is 9.89. The molecule has 1 unspecified atom stereocenters. The summed E-state index contributed by atoms with van der Waals surface area (Å²) in [4.78, 5) is 39.4. The predicted octanol–water partition coefficient (Wildman–Crippen LogP) is 4.44. The predicted molar refractivity (Wildman–Crippen MR) is 135 cm³/mol. The van der Waals surface area contributed by atoms with Crippen molar-refractivity contribution in [2.75, 3.05) is 11.9 Å². The minimum atomic E-state index is -0.777. The topological polar surface area (TPSA) is 114 Å². The summed E-state index contributed by atoms with van der Waals surface area (Å²) >= 11 is 1.42. The molecule has 9 heteroatoms. The van der Waals surface area contributed by atoms with E-state index in [2.05, 4.69) is 30.3 Å². The molecule has 1 N–H and O–H groups in total. The van der Waals surface area contributed by atoms with E-state index in [1.165, 1.54) is 16.0 Å². The molecule has 1 aliphatic rings. The number of aryl methyl sites for hydroxylation is 1. The van der Waals surface area contributed by atoms with Crippen molar-refractivity contribution >= 4 is 39.0 Å². The minimum Gasteiger partial charge on any atom is -0.451 e. The van der Waals surface area contributed by atoms with E-state index in [0.717, 1.165) is 49.0 Å². The number of nitriles is 1. The Balaban J connectivity index is 1.49. The first kappa shape index (κ1) is 24.6. The second-order valence-electron chi connectivity index (χ2n) is 8.92. The molecule has 2 heterocycles. The van der Waals surface area contributed by atoms with Crippen molar-refractivity contribution in [1.82, 2.24) is 9.78 Å². The summed E-state index contributed by atoms with van der Waals surface area (Å²) in [5.41, 5.74) is 1.26. The monoisotopic (exact) mass is 492 g/mol. The Bertz CT molecular complexity index is 1370. The van der Waals surface area contributed by atoms with Crippen LogP contribution in [0.25, 0.3) is 10.8 Å². The number of hydrogen-bond donors (Lipinski definition) is 1. The van der Waals surface area contributed by atoms with Crippen molar-refractivity contribution in [3.8, 4) is 6.07 Å². The van der Waals surface area contributed by atoms with E-state index < -0.39 is 18.5 Å². The van der Waals surface area contributed by atoms with Gasteiger partial charge >= 0.3 is 5.97 Å². The average molecular weight is 493 g/mol. The molecule has 35 heavy (non-hydrogen) atoms. The van der Waals surface area contributed by atoms with E-state index in [1.54, 1.807) is 24.3 Å². The lowest BCUT2D eigenvalue weighted by Crippen LogP contribution is -2.28. The van der Waals surface area contributed by atoms with Crippen LogP contribution in [0.4, 0.5) is 5.00 Å². The molecule has 0 radical (unpaired) electrons. The summed E-state index contributed by atoms with van der Waals surface area (Å²) in [6.45, 7) is 4.12. The number of thiophene rings is 1. The van der Waals surface area contributed by atoms with Gasteiger partial charge in [-0.2, -0.15) is 10.4 Å². The molecule has 1 aliphatic carbocycles. The molecule has 1 aromatic carbocycles. The third-order valence-electron chi connectivity index (χ3n) is 6.25. The molecule has 8 nitrogen and oxygen atoms in total. The number of unbranched alkanes of at least 4 members (excludes halogenated alkanes) is 2. The number of hydrogen-bond acceptors (Lipinski definition) is 7. The Kier molecular flexibility index (Phi) is 7.61. The van der Waals surface area contributed by atoms with Gasteiger partial charge in [-0.1, -0.05) is 44.9 Å². The largest absolute Gasteiger partial charge is 0.451 e. The summed E-state index contributed by atoms with van der Waals surface area (Å²) in [5, 5.41) is 17.9. The van der Waals surface area contributed by atoms with E-state index in [1.807, 2.05) is 0 Å². The van der Waals surface area contributed by atoms with Gasteiger partial charge in [-0.25, -0.2) is 9.48 Å². The van der Waals surface area contributed by atoms with Crippen molar-refractivity contribution in [2.45, 2.75) is 58.9 Å². The van der Waals surface area contributed by atoms with Gasteiger partial charge in [0.2, 0.25) is 0 Å². The lowest BCUT2D eigenvalue weighted by molar-refractivity contribution is -0.119. The number of carbonyl (C=O) groups is 2. The van der Waals surface area contributed by atoms with Crippen molar-refractivity contribution in [2.24, 2.45) is 5.92 Å². The van der Waals surface area contributed by atoms with Crippen molar-refractivity contribution in [3.05, 3.63) is 56.3 Å². The number of nitrogens with zero attached hydrogens (tertiary/aromatic N) is 3. The number of esters is 1. The summed E-state index contributed by atoms with van der Waals surface area (Å²) in [7, 11) is 0. The van der Waals surface area contributed by atoms with E-state index in [-0.39, 0.29) is 11.3 Å². The van der Waals surface area contributed by atoms with Crippen molar-refractivity contribution in [3.63, 3.8) is 0 Å². The van der Waals surface area contributed by atoms with Crippen LogP contribution in [0.3, 0.4) is 0 Å². The standard InChI is InChI=1S/C26H28N4O4S/c1-3-4-7-12-30-25(32)19-9-6-5-8-18(19)23(29-30)26(33)34-15-22(31)28-24-20(14-27)17-11-10-16(2)13-21(17)35-24/h5-6,8-9,16H,3-4,7,10-13,15H2,1-2H3,(H,28,31). The fraction of sp³-hybridized carbons (Fsp3) is 0.423. The summed E-state index contributed by atoms with van der Waals surface area (Å²) < 4.78 is 6.57. The maximum Gasteiger partial charge on any atom is 0.359 e. The second-order valence-corrected chi connectivity index (χ2v) is 10.0. The zero-order valence-corrected chi connectivity index (χ0v) is 20.7. The fourth-order valence-electron chi connectivity index (χ4n) is 4.37. The minimum absolute atomic E-state index is 0.00258. The first-order valence-electron chi connectivity index (χ1n) is 11.9. The molecular formula is C26H28N4O4S. The van der Waals surface area contributed by atoms with Gasteiger partial charge in [-0.15, -0.1) is 11.3 Å². The highest BCUT2D eigenvalue weighted by Crippen LogP contribution is 2.39. The highest BCUT2D eigenvalue weighted by atomic mass is 32.1. The average Bonchev–Trinajstić information content (AvgIpc) is 3.19. The van der Waals surface area contributed by atoms with E-state index in [0.29, 0.717) is 33.8 Å². The van der Waals surface area contributed by atoms with Gasteiger partial charge < -0.3 is 10.1 Å². The van der Waals surface area contributed by atoms with Crippen LogP contribution in [0.1, 0.15) is 66.0 Å². The third-order valence-corrected chi connectivity index (χ3v) is 7.42. The molecule has 1 amide bonds. The molecule has 182 valence electrons. The zero-order valence-electron chi connectivity index (χ0n) is 19.9. The molecule has 2 aromatic heterocycles. The van der Waals surface area contributed by atoms with Gasteiger partial charge in [0.05, 0.1) is 10.9 Å². The lowest BCUT2D eigenvalue weighted by Gasteiger charge is -2.17.